The zero-order valence-electron chi connectivity index (χ0n) is 13.6. The Kier molecular flexibility index (Phi) is 4.00. The van der Waals surface area contributed by atoms with E-state index in [1.165, 1.54) is 35.6 Å². The SMILES string of the molecule is O=c1c2c3c(sc2ncn1N=Cc1ccc(O)c([N+](=O)[O-])c1)CCCC3. The second kappa shape index (κ2) is 6.34. The van der Waals surface area contributed by atoms with Crippen LogP contribution in [0.2, 0.25) is 0 Å². The van der Waals surface area contributed by atoms with E-state index in [1.54, 1.807) is 11.3 Å². The maximum Gasteiger partial charge on any atom is 0.311 e. The highest BCUT2D eigenvalue weighted by molar-refractivity contribution is 7.18. The highest BCUT2D eigenvalue weighted by Gasteiger charge is 2.20. The first-order valence-corrected chi connectivity index (χ1v) is 8.90. The van der Waals surface area contributed by atoms with E-state index in [2.05, 4.69) is 10.1 Å². The summed E-state index contributed by atoms with van der Waals surface area (Å²) in [4.78, 5) is 29.3. The fraction of sp³-hybridized carbons (Fsp3) is 0.235. The molecule has 0 saturated heterocycles. The van der Waals surface area contributed by atoms with Crippen molar-refractivity contribution in [2.45, 2.75) is 25.7 Å². The lowest BCUT2D eigenvalue weighted by molar-refractivity contribution is -0.385. The first-order valence-electron chi connectivity index (χ1n) is 8.08. The van der Waals surface area contributed by atoms with Crippen LogP contribution < -0.4 is 5.56 Å². The summed E-state index contributed by atoms with van der Waals surface area (Å²) in [5, 5.41) is 25.1. The number of nitro groups is 1. The summed E-state index contributed by atoms with van der Waals surface area (Å²) in [5.41, 5.74) is 0.827. The minimum atomic E-state index is -0.676. The van der Waals surface area contributed by atoms with Crippen LogP contribution in [0.3, 0.4) is 0 Å². The maximum absolute atomic E-state index is 12.8. The number of benzene rings is 1. The zero-order chi connectivity index (χ0) is 18.3. The van der Waals surface area contributed by atoms with Crippen LogP contribution in [0, 0.1) is 10.1 Å². The number of thiophene rings is 1. The quantitative estimate of drug-likeness (QED) is 0.433. The summed E-state index contributed by atoms with van der Waals surface area (Å²) in [5.74, 6) is -0.419. The lowest BCUT2D eigenvalue weighted by atomic mass is 9.97. The van der Waals surface area contributed by atoms with Gasteiger partial charge in [-0.1, -0.05) is 0 Å². The van der Waals surface area contributed by atoms with Gasteiger partial charge in [0.1, 0.15) is 11.2 Å². The van der Waals surface area contributed by atoms with E-state index < -0.39 is 16.4 Å². The third kappa shape index (κ3) is 2.76. The van der Waals surface area contributed by atoms with Gasteiger partial charge in [-0.3, -0.25) is 14.9 Å². The summed E-state index contributed by atoms with van der Waals surface area (Å²) in [6.45, 7) is 0. The van der Waals surface area contributed by atoms with E-state index >= 15 is 0 Å². The summed E-state index contributed by atoms with van der Waals surface area (Å²) in [7, 11) is 0. The topological polar surface area (TPSA) is 111 Å². The summed E-state index contributed by atoms with van der Waals surface area (Å²) < 4.78 is 1.14. The summed E-state index contributed by atoms with van der Waals surface area (Å²) >= 11 is 1.56. The van der Waals surface area contributed by atoms with Crippen LogP contribution in [0.15, 0.2) is 34.4 Å². The lowest BCUT2D eigenvalue weighted by Crippen LogP contribution is -2.18. The number of nitro benzene ring substituents is 1. The third-order valence-electron chi connectivity index (χ3n) is 4.39. The molecule has 26 heavy (non-hydrogen) atoms. The molecule has 2 heterocycles. The Morgan fingerprint density at radius 3 is 2.96 bits per heavy atom. The largest absolute Gasteiger partial charge is 0.502 e. The van der Waals surface area contributed by atoms with Crippen molar-refractivity contribution < 1.29 is 10.0 Å². The molecule has 0 spiro atoms. The van der Waals surface area contributed by atoms with Gasteiger partial charge < -0.3 is 5.11 Å². The van der Waals surface area contributed by atoms with Crippen molar-refractivity contribution in [3.05, 3.63) is 61.0 Å². The maximum atomic E-state index is 12.8. The van der Waals surface area contributed by atoms with Gasteiger partial charge in [0, 0.05) is 16.5 Å². The zero-order valence-corrected chi connectivity index (χ0v) is 14.4. The Morgan fingerprint density at radius 1 is 1.35 bits per heavy atom. The average molecular weight is 370 g/mol. The molecule has 0 bridgehead atoms. The predicted molar refractivity (Wildman–Crippen MR) is 98.3 cm³/mol. The van der Waals surface area contributed by atoms with Gasteiger partial charge in [-0.05, 0) is 43.4 Å². The lowest BCUT2D eigenvalue weighted by Gasteiger charge is -2.09. The first kappa shape index (κ1) is 16.4. The Balaban J connectivity index is 1.75. The molecule has 0 fully saturated rings. The number of hydrogen-bond acceptors (Lipinski definition) is 7. The molecule has 8 nitrogen and oxygen atoms in total. The number of rotatable bonds is 3. The van der Waals surface area contributed by atoms with Crippen LogP contribution in [0.5, 0.6) is 5.75 Å². The molecule has 1 aromatic carbocycles. The van der Waals surface area contributed by atoms with Gasteiger partial charge in [0.05, 0.1) is 16.5 Å². The van der Waals surface area contributed by atoms with Crippen molar-refractivity contribution in [2.24, 2.45) is 5.10 Å². The van der Waals surface area contributed by atoms with Crippen molar-refractivity contribution in [3.63, 3.8) is 0 Å². The Hall–Kier alpha value is -3.07. The summed E-state index contributed by atoms with van der Waals surface area (Å²) in [6, 6.07) is 3.90. The van der Waals surface area contributed by atoms with Gasteiger partial charge >= 0.3 is 5.69 Å². The number of phenols is 1. The van der Waals surface area contributed by atoms with Crippen molar-refractivity contribution in [1.82, 2.24) is 9.66 Å². The standard InChI is InChI=1S/C17H14N4O4S/c22-13-6-5-10(7-12(13)21(24)25)8-19-20-9-18-16-15(17(20)23)11-3-1-2-4-14(11)26-16/h5-9,22H,1-4H2. The van der Waals surface area contributed by atoms with Crippen LogP contribution in [0.4, 0.5) is 5.69 Å². The number of aryl methyl sites for hydroxylation is 2. The van der Waals surface area contributed by atoms with Gasteiger partial charge in [0.25, 0.3) is 5.56 Å². The van der Waals surface area contributed by atoms with Gasteiger partial charge in [-0.15, -0.1) is 11.3 Å². The van der Waals surface area contributed by atoms with E-state index in [1.807, 2.05) is 0 Å². The second-order valence-corrected chi connectivity index (χ2v) is 7.12. The molecule has 1 aliphatic rings. The van der Waals surface area contributed by atoms with Crippen LogP contribution in [0.25, 0.3) is 10.2 Å². The van der Waals surface area contributed by atoms with Crippen molar-refractivity contribution >= 4 is 33.5 Å². The molecule has 3 aromatic rings. The minimum Gasteiger partial charge on any atom is -0.502 e. The number of nitrogens with zero attached hydrogens (tertiary/aromatic N) is 4. The highest BCUT2D eigenvalue weighted by atomic mass is 32.1. The number of phenolic OH excluding ortho intramolecular Hbond substituents is 1. The number of aromatic hydroxyl groups is 1. The van der Waals surface area contributed by atoms with Crippen LogP contribution in [-0.4, -0.2) is 25.9 Å². The smallest absolute Gasteiger partial charge is 0.311 e. The van der Waals surface area contributed by atoms with E-state index in [0.717, 1.165) is 40.8 Å². The number of fused-ring (bicyclic) bond motifs is 3. The van der Waals surface area contributed by atoms with Gasteiger partial charge in [0.2, 0.25) is 0 Å². The Labute approximate surface area is 151 Å². The van der Waals surface area contributed by atoms with Crippen molar-refractivity contribution in [2.75, 3.05) is 0 Å². The molecule has 0 saturated carbocycles. The molecule has 0 unspecified atom stereocenters. The van der Waals surface area contributed by atoms with E-state index in [4.69, 9.17) is 0 Å². The molecule has 1 N–H and O–H groups in total. The molecule has 0 amide bonds. The molecule has 0 atom stereocenters. The predicted octanol–water partition coefficient (Wildman–Crippen LogP) is 2.83. The van der Waals surface area contributed by atoms with Crippen LogP contribution in [0.1, 0.15) is 28.8 Å². The Morgan fingerprint density at radius 2 is 2.15 bits per heavy atom. The first-order chi connectivity index (χ1) is 12.5. The van der Waals surface area contributed by atoms with Gasteiger partial charge in [-0.25, -0.2) is 4.98 Å². The van der Waals surface area contributed by atoms with E-state index in [-0.39, 0.29) is 5.56 Å². The van der Waals surface area contributed by atoms with Crippen LogP contribution >= 0.6 is 11.3 Å². The average Bonchev–Trinajstić information content (AvgIpc) is 3.01. The second-order valence-electron chi connectivity index (χ2n) is 6.04. The molecule has 9 heteroatoms. The Bertz CT molecular complexity index is 1120. The van der Waals surface area contributed by atoms with Crippen molar-refractivity contribution in [3.8, 4) is 5.75 Å². The monoisotopic (exact) mass is 370 g/mol. The van der Waals surface area contributed by atoms with E-state index in [0.29, 0.717) is 10.9 Å². The van der Waals surface area contributed by atoms with Crippen LogP contribution in [-0.2, 0) is 12.8 Å². The third-order valence-corrected chi connectivity index (χ3v) is 5.59. The normalized spacial score (nSPS) is 14.0. The molecule has 2 aromatic heterocycles. The molecule has 1 aliphatic carbocycles. The molecular weight excluding hydrogens is 356 g/mol. The van der Waals surface area contributed by atoms with Crippen molar-refractivity contribution in [1.29, 1.82) is 0 Å². The molecule has 0 radical (unpaired) electrons. The van der Waals surface area contributed by atoms with Gasteiger partial charge in [-0.2, -0.15) is 9.78 Å². The van der Waals surface area contributed by atoms with Gasteiger partial charge in [0.15, 0.2) is 5.75 Å². The fourth-order valence-electron chi connectivity index (χ4n) is 3.12. The summed E-state index contributed by atoms with van der Waals surface area (Å²) in [6.07, 6.45) is 6.75. The highest BCUT2D eigenvalue weighted by Crippen LogP contribution is 2.33. The van der Waals surface area contributed by atoms with E-state index in [9.17, 15) is 20.0 Å². The molecule has 4 rings (SSSR count). The fourth-order valence-corrected chi connectivity index (χ4v) is 4.33. The number of hydrogen-bond donors (Lipinski definition) is 1. The molecular formula is C17H14N4O4S. The minimum absolute atomic E-state index is 0.237. The molecule has 0 aliphatic heterocycles. The molecule has 132 valence electrons. The number of aromatic nitrogens is 2.